The lowest BCUT2D eigenvalue weighted by Gasteiger charge is -2.08. The average Bonchev–Trinajstić information content (AvgIpc) is 2.24. The molecule has 0 aliphatic rings. The second-order valence-corrected chi connectivity index (χ2v) is 5.20. The van der Waals surface area contributed by atoms with E-state index >= 15 is 0 Å². The van der Waals surface area contributed by atoms with Gasteiger partial charge in [-0.1, -0.05) is 0 Å². The third-order valence-corrected chi connectivity index (χ3v) is 2.94. The van der Waals surface area contributed by atoms with E-state index in [1.165, 1.54) is 0 Å². The van der Waals surface area contributed by atoms with Crippen molar-refractivity contribution in [2.45, 2.75) is 13.3 Å². The van der Waals surface area contributed by atoms with Crippen molar-refractivity contribution in [1.82, 2.24) is 0 Å². The largest absolute Gasteiger partial charge is 0.493 e. The standard InChI is InChI=1S/C11H14O5S/c1-9-7-10(8-12)3-4-11(9)16-5-2-6-17(13,14)15/h3-4,7-8H,2,5-6H2,1H3,(H,13,14,15). The maximum Gasteiger partial charge on any atom is 0.264 e. The first-order chi connectivity index (χ1) is 7.92. The molecule has 0 amide bonds. The second-order valence-electron chi connectivity index (χ2n) is 3.63. The van der Waals surface area contributed by atoms with Crippen LogP contribution in [-0.4, -0.2) is 31.6 Å². The molecule has 94 valence electrons. The van der Waals surface area contributed by atoms with Gasteiger partial charge in [-0.2, -0.15) is 8.42 Å². The van der Waals surface area contributed by atoms with Crippen molar-refractivity contribution in [2.75, 3.05) is 12.4 Å². The summed E-state index contributed by atoms with van der Waals surface area (Å²) in [6.07, 6.45) is 0.961. The highest BCUT2D eigenvalue weighted by Gasteiger charge is 2.05. The van der Waals surface area contributed by atoms with Gasteiger partial charge in [-0.25, -0.2) is 0 Å². The smallest absolute Gasteiger partial charge is 0.264 e. The molecule has 17 heavy (non-hydrogen) atoms. The molecule has 1 aromatic carbocycles. The van der Waals surface area contributed by atoms with Gasteiger partial charge in [-0.05, 0) is 37.1 Å². The Balaban J connectivity index is 2.50. The first-order valence-electron chi connectivity index (χ1n) is 5.06. The maximum absolute atomic E-state index is 10.5. The summed E-state index contributed by atoms with van der Waals surface area (Å²) in [4.78, 5) is 10.5. The maximum atomic E-state index is 10.5. The van der Waals surface area contributed by atoms with Gasteiger partial charge in [-0.15, -0.1) is 0 Å². The molecule has 6 heteroatoms. The molecular weight excluding hydrogens is 244 g/mol. The zero-order valence-electron chi connectivity index (χ0n) is 9.42. The summed E-state index contributed by atoms with van der Waals surface area (Å²) >= 11 is 0. The Labute approximate surface area is 100 Å². The monoisotopic (exact) mass is 258 g/mol. The summed E-state index contributed by atoms with van der Waals surface area (Å²) in [5.41, 5.74) is 1.37. The number of rotatable bonds is 6. The lowest BCUT2D eigenvalue weighted by Crippen LogP contribution is -2.08. The summed E-state index contributed by atoms with van der Waals surface area (Å²) in [5, 5.41) is 0. The molecule has 0 spiro atoms. The third-order valence-electron chi connectivity index (χ3n) is 2.14. The highest BCUT2D eigenvalue weighted by Crippen LogP contribution is 2.18. The van der Waals surface area contributed by atoms with Crippen molar-refractivity contribution in [3.05, 3.63) is 29.3 Å². The molecule has 0 heterocycles. The lowest BCUT2D eigenvalue weighted by atomic mass is 10.1. The Kier molecular flexibility index (Phi) is 4.65. The molecule has 1 aromatic rings. The third kappa shape index (κ3) is 4.97. The molecule has 1 N–H and O–H groups in total. The van der Waals surface area contributed by atoms with Gasteiger partial charge in [0.25, 0.3) is 10.1 Å². The fraction of sp³-hybridized carbons (Fsp3) is 0.364. The Morgan fingerprint density at radius 3 is 2.65 bits per heavy atom. The molecule has 5 nitrogen and oxygen atoms in total. The van der Waals surface area contributed by atoms with Crippen LogP contribution in [0.3, 0.4) is 0 Å². The SMILES string of the molecule is Cc1cc(C=O)ccc1OCCCS(=O)(=O)O. The fourth-order valence-electron chi connectivity index (χ4n) is 1.33. The van der Waals surface area contributed by atoms with Gasteiger partial charge >= 0.3 is 0 Å². The normalized spacial score (nSPS) is 11.2. The molecule has 0 saturated heterocycles. The van der Waals surface area contributed by atoms with Crippen LogP contribution < -0.4 is 4.74 Å². The van der Waals surface area contributed by atoms with E-state index in [0.717, 1.165) is 11.8 Å². The van der Waals surface area contributed by atoms with E-state index in [-0.39, 0.29) is 18.8 Å². The Morgan fingerprint density at radius 1 is 1.41 bits per heavy atom. The predicted octanol–water partition coefficient (Wildman–Crippen LogP) is 1.46. The Morgan fingerprint density at radius 2 is 2.12 bits per heavy atom. The first-order valence-corrected chi connectivity index (χ1v) is 6.67. The zero-order chi connectivity index (χ0) is 12.9. The number of benzene rings is 1. The summed E-state index contributed by atoms with van der Waals surface area (Å²) in [6, 6.07) is 4.97. The van der Waals surface area contributed by atoms with E-state index in [9.17, 15) is 13.2 Å². The van der Waals surface area contributed by atoms with Crippen molar-refractivity contribution < 1.29 is 22.5 Å². The first kappa shape index (κ1) is 13.7. The molecule has 0 bridgehead atoms. The van der Waals surface area contributed by atoms with Gasteiger partial charge in [0.15, 0.2) is 0 Å². The number of hydrogen-bond donors (Lipinski definition) is 1. The van der Waals surface area contributed by atoms with Crippen molar-refractivity contribution in [3.63, 3.8) is 0 Å². The summed E-state index contributed by atoms with van der Waals surface area (Å²) in [5.74, 6) is 0.282. The molecular formula is C11H14O5S. The number of ether oxygens (including phenoxy) is 1. The van der Waals surface area contributed by atoms with Crippen LogP contribution in [-0.2, 0) is 10.1 Å². The Bertz CT molecular complexity index is 493. The molecule has 0 aliphatic carbocycles. The summed E-state index contributed by atoms with van der Waals surface area (Å²) in [7, 11) is -3.93. The van der Waals surface area contributed by atoms with Gasteiger partial charge < -0.3 is 4.74 Å². The van der Waals surface area contributed by atoms with Crippen LogP contribution in [0, 0.1) is 6.92 Å². The summed E-state index contributed by atoms with van der Waals surface area (Å²) < 4.78 is 34.8. The number of hydrogen-bond acceptors (Lipinski definition) is 4. The van der Waals surface area contributed by atoms with Crippen LogP contribution in [0.15, 0.2) is 18.2 Å². The second kappa shape index (κ2) is 5.79. The van der Waals surface area contributed by atoms with Crippen molar-refractivity contribution in [2.24, 2.45) is 0 Å². The van der Waals surface area contributed by atoms with E-state index in [1.54, 1.807) is 25.1 Å². The van der Waals surface area contributed by atoms with Crippen molar-refractivity contribution in [1.29, 1.82) is 0 Å². The molecule has 0 aliphatic heterocycles. The van der Waals surface area contributed by atoms with Crippen LogP contribution in [0.25, 0.3) is 0 Å². The van der Waals surface area contributed by atoms with E-state index in [1.807, 2.05) is 0 Å². The van der Waals surface area contributed by atoms with Crippen LogP contribution in [0.5, 0.6) is 5.75 Å². The van der Waals surface area contributed by atoms with Gasteiger partial charge in [-0.3, -0.25) is 9.35 Å². The van der Waals surface area contributed by atoms with Crippen LogP contribution in [0.1, 0.15) is 22.3 Å². The Hall–Kier alpha value is -1.40. The molecule has 0 fully saturated rings. The van der Waals surface area contributed by atoms with Gasteiger partial charge in [0.1, 0.15) is 12.0 Å². The number of aryl methyl sites for hydroxylation is 1. The number of carbonyl (C=O) groups is 1. The minimum absolute atomic E-state index is 0.196. The van der Waals surface area contributed by atoms with Crippen molar-refractivity contribution in [3.8, 4) is 5.75 Å². The molecule has 0 radical (unpaired) electrons. The summed E-state index contributed by atoms with van der Waals surface area (Å²) in [6.45, 7) is 1.99. The van der Waals surface area contributed by atoms with E-state index in [4.69, 9.17) is 9.29 Å². The fourth-order valence-corrected chi connectivity index (χ4v) is 1.81. The average molecular weight is 258 g/mol. The molecule has 1 rings (SSSR count). The lowest BCUT2D eigenvalue weighted by molar-refractivity contribution is 0.112. The topological polar surface area (TPSA) is 80.7 Å². The van der Waals surface area contributed by atoms with Crippen LogP contribution in [0.4, 0.5) is 0 Å². The molecule has 0 unspecified atom stereocenters. The minimum Gasteiger partial charge on any atom is -0.493 e. The number of aldehydes is 1. The zero-order valence-corrected chi connectivity index (χ0v) is 10.2. The van der Waals surface area contributed by atoms with E-state index in [0.29, 0.717) is 11.3 Å². The van der Waals surface area contributed by atoms with Crippen LogP contribution in [0.2, 0.25) is 0 Å². The molecule has 0 atom stereocenters. The van der Waals surface area contributed by atoms with Gasteiger partial charge in [0.2, 0.25) is 0 Å². The van der Waals surface area contributed by atoms with Crippen molar-refractivity contribution >= 4 is 16.4 Å². The van der Waals surface area contributed by atoms with E-state index < -0.39 is 10.1 Å². The van der Waals surface area contributed by atoms with Gasteiger partial charge in [0, 0.05) is 5.56 Å². The quantitative estimate of drug-likeness (QED) is 0.474. The minimum atomic E-state index is -3.93. The number of carbonyl (C=O) groups excluding carboxylic acids is 1. The van der Waals surface area contributed by atoms with E-state index in [2.05, 4.69) is 0 Å². The highest BCUT2D eigenvalue weighted by atomic mass is 32.2. The highest BCUT2D eigenvalue weighted by molar-refractivity contribution is 7.85. The molecule has 0 aromatic heterocycles. The molecule has 0 saturated carbocycles. The van der Waals surface area contributed by atoms with Crippen LogP contribution >= 0.6 is 0 Å². The predicted molar refractivity (Wildman–Crippen MR) is 63.1 cm³/mol. The van der Waals surface area contributed by atoms with Gasteiger partial charge in [0.05, 0.1) is 12.4 Å².